The van der Waals surface area contributed by atoms with Gasteiger partial charge in [0.05, 0.1) is 18.5 Å². The van der Waals surface area contributed by atoms with Crippen molar-refractivity contribution < 1.29 is 13.9 Å². The molecule has 0 saturated carbocycles. The number of para-hydroxylation sites is 2. The molecule has 1 aromatic carbocycles. The Hall–Kier alpha value is -2.30. The van der Waals surface area contributed by atoms with E-state index in [0.29, 0.717) is 23.8 Å². The first-order valence-electron chi connectivity index (χ1n) is 5.66. The molecule has 94 valence electrons. The van der Waals surface area contributed by atoms with Gasteiger partial charge in [0.2, 0.25) is 0 Å². The number of amides is 1. The lowest BCUT2D eigenvalue weighted by Crippen LogP contribution is -2.13. The molecule has 5 nitrogen and oxygen atoms in total. The predicted octanol–water partition coefficient (Wildman–Crippen LogP) is 2.63. The number of carbonyl (C=O) groups excluding carboxylic acids is 1. The molecule has 1 aromatic heterocycles. The maximum Gasteiger partial charge on any atom is 0.311 e. The van der Waals surface area contributed by atoms with Crippen LogP contribution in [-0.2, 0) is 0 Å². The van der Waals surface area contributed by atoms with Gasteiger partial charge in [-0.3, -0.25) is 4.79 Å². The van der Waals surface area contributed by atoms with Gasteiger partial charge in [-0.1, -0.05) is 12.1 Å². The summed E-state index contributed by atoms with van der Waals surface area (Å²) < 4.78 is 10.6. The minimum atomic E-state index is -0.393. The smallest absolute Gasteiger partial charge is 0.311 e. The van der Waals surface area contributed by atoms with Gasteiger partial charge >= 0.3 is 5.91 Å². The number of anilines is 1. The van der Waals surface area contributed by atoms with Crippen molar-refractivity contribution in [1.82, 2.24) is 4.98 Å². The van der Waals surface area contributed by atoms with Crippen molar-refractivity contribution in [3.05, 3.63) is 42.1 Å². The highest BCUT2D eigenvalue weighted by Gasteiger charge is 2.14. The van der Waals surface area contributed by atoms with Gasteiger partial charge in [-0.2, -0.15) is 0 Å². The average molecular weight is 246 g/mol. The van der Waals surface area contributed by atoms with E-state index in [1.165, 1.54) is 6.20 Å². The number of rotatable bonds is 4. The van der Waals surface area contributed by atoms with Gasteiger partial charge in [-0.05, 0) is 26.0 Å². The van der Waals surface area contributed by atoms with E-state index in [0.717, 1.165) is 0 Å². The van der Waals surface area contributed by atoms with Gasteiger partial charge in [0.25, 0.3) is 5.89 Å². The molecule has 1 N–H and O–H groups in total. The van der Waals surface area contributed by atoms with E-state index < -0.39 is 5.91 Å². The molecule has 2 rings (SSSR count). The van der Waals surface area contributed by atoms with E-state index in [-0.39, 0.29) is 5.89 Å². The Morgan fingerprint density at radius 2 is 2.22 bits per heavy atom. The Morgan fingerprint density at radius 1 is 1.44 bits per heavy atom. The highest BCUT2D eigenvalue weighted by molar-refractivity contribution is 6.01. The van der Waals surface area contributed by atoms with Crippen molar-refractivity contribution in [1.29, 1.82) is 0 Å². The summed E-state index contributed by atoms with van der Waals surface area (Å²) in [6.45, 7) is 4.15. The number of nitrogens with zero attached hydrogens (tertiary/aromatic N) is 1. The molecule has 0 bridgehead atoms. The average Bonchev–Trinajstić information content (AvgIpc) is 2.79. The van der Waals surface area contributed by atoms with Gasteiger partial charge < -0.3 is 14.5 Å². The number of nitrogens with one attached hydrogen (secondary N) is 1. The molecule has 1 amide bonds. The van der Waals surface area contributed by atoms with Crippen LogP contribution in [0.25, 0.3) is 0 Å². The second-order valence-electron chi connectivity index (χ2n) is 3.66. The van der Waals surface area contributed by atoms with Crippen LogP contribution in [-0.4, -0.2) is 17.5 Å². The Labute approximate surface area is 105 Å². The number of hydrogen-bond donors (Lipinski definition) is 1. The van der Waals surface area contributed by atoms with Gasteiger partial charge in [0.15, 0.2) is 0 Å². The molecule has 0 aliphatic carbocycles. The number of aryl methyl sites for hydroxylation is 1. The van der Waals surface area contributed by atoms with E-state index in [1.807, 2.05) is 19.1 Å². The zero-order valence-corrected chi connectivity index (χ0v) is 10.3. The summed E-state index contributed by atoms with van der Waals surface area (Å²) in [5.74, 6) is 0.865. The number of aromatic nitrogens is 1. The maximum atomic E-state index is 11.9. The van der Waals surface area contributed by atoms with Crippen LogP contribution in [0.4, 0.5) is 5.69 Å². The lowest BCUT2D eigenvalue weighted by atomic mass is 10.3. The molecule has 0 unspecified atom stereocenters. The molecule has 5 heteroatoms. The zero-order valence-electron chi connectivity index (χ0n) is 10.3. The lowest BCUT2D eigenvalue weighted by Gasteiger charge is -2.09. The minimum absolute atomic E-state index is 0.0406. The number of oxazole rings is 1. The normalized spacial score (nSPS) is 10.1. The third-order valence-corrected chi connectivity index (χ3v) is 2.25. The number of hydrogen-bond acceptors (Lipinski definition) is 4. The zero-order chi connectivity index (χ0) is 13.0. The van der Waals surface area contributed by atoms with E-state index in [2.05, 4.69) is 10.3 Å². The monoisotopic (exact) mass is 246 g/mol. The van der Waals surface area contributed by atoms with Crippen LogP contribution in [0.15, 0.2) is 34.9 Å². The molecule has 0 aliphatic rings. The summed E-state index contributed by atoms with van der Waals surface area (Å²) in [4.78, 5) is 15.7. The Kier molecular flexibility index (Phi) is 3.62. The molecule has 0 fully saturated rings. The SMILES string of the molecule is CCOc1ccccc1NC(=O)c1ncc(C)o1. The van der Waals surface area contributed by atoms with Crippen molar-refractivity contribution in [3.63, 3.8) is 0 Å². The summed E-state index contributed by atoms with van der Waals surface area (Å²) in [5, 5.41) is 2.70. The van der Waals surface area contributed by atoms with Gasteiger partial charge in [0, 0.05) is 0 Å². The number of benzene rings is 1. The van der Waals surface area contributed by atoms with E-state index in [4.69, 9.17) is 9.15 Å². The molecule has 0 radical (unpaired) electrons. The molecule has 18 heavy (non-hydrogen) atoms. The first-order valence-corrected chi connectivity index (χ1v) is 5.66. The fraction of sp³-hybridized carbons (Fsp3) is 0.231. The van der Waals surface area contributed by atoms with Gasteiger partial charge in [-0.25, -0.2) is 4.98 Å². The van der Waals surface area contributed by atoms with E-state index >= 15 is 0 Å². The number of ether oxygens (including phenoxy) is 1. The highest BCUT2D eigenvalue weighted by Crippen LogP contribution is 2.24. The van der Waals surface area contributed by atoms with Crippen LogP contribution in [0.1, 0.15) is 23.4 Å². The third kappa shape index (κ3) is 2.68. The van der Waals surface area contributed by atoms with Crippen molar-refractivity contribution in [3.8, 4) is 5.75 Å². The standard InChI is InChI=1S/C13H14N2O3/c1-3-17-11-7-5-4-6-10(11)15-12(16)13-14-8-9(2)18-13/h4-8H,3H2,1-2H3,(H,15,16). The molecular weight excluding hydrogens is 232 g/mol. The van der Waals surface area contributed by atoms with Crippen LogP contribution >= 0.6 is 0 Å². The maximum absolute atomic E-state index is 11.9. The molecule has 0 saturated heterocycles. The van der Waals surface area contributed by atoms with E-state index in [9.17, 15) is 4.79 Å². The first-order chi connectivity index (χ1) is 8.70. The van der Waals surface area contributed by atoms with Crippen LogP contribution in [0.3, 0.4) is 0 Å². The predicted molar refractivity (Wildman–Crippen MR) is 66.8 cm³/mol. The van der Waals surface area contributed by atoms with Crippen LogP contribution in [0.2, 0.25) is 0 Å². The Morgan fingerprint density at radius 3 is 2.89 bits per heavy atom. The molecule has 0 spiro atoms. The molecule has 2 aromatic rings. The fourth-order valence-corrected chi connectivity index (χ4v) is 1.49. The van der Waals surface area contributed by atoms with Gasteiger partial charge in [0.1, 0.15) is 11.5 Å². The summed E-state index contributed by atoms with van der Waals surface area (Å²) in [6.07, 6.45) is 1.50. The van der Waals surface area contributed by atoms with Gasteiger partial charge in [-0.15, -0.1) is 0 Å². The van der Waals surface area contributed by atoms with Crippen molar-refractivity contribution in [2.24, 2.45) is 0 Å². The molecular formula is C13H14N2O3. The quantitative estimate of drug-likeness (QED) is 0.900. The van der Waals surface area contributed by atoms with Crippen LogP contribution < -0.4 is 10.1 Å². The van der Waals surface area contributed by atoms with Crippen molar-refractivity contribution >= 4 is 11.6 Å². The minimum Gasteiger partial charge on any atom is -0.492 e. The summed E-state index contributed by atoms with van der Waals surface area (Å²) in [5.41, 5.74) is 0.597. The van der Waals surface area contributed by atoms with Crippen molar-refractivity contribution in [2.45, 2.75) is 13.8 Å². The summed E-state index contributed by atoms with van der Waals surface area (Å²) in [6, 6.07) is 7.22. The highest BCUT2D eigenvalue weighted by atomic mass is 16.5. The molecule has 0 atom stereocenters. The fourth-order valence-electron chi connectivity index (χ4n) is 1.49. The summed E-state index contributed by atoms with van der Waals surface area (Å²) >= 11 is 0. The second kappa shape index (κ2) is 5.35. The number of carbonyl (C=O) groups is 1. The largest absolute Gasteiger partial charge is 0.492 e. The molecule has 0 aliphatic heterocycles. The topological polar surface area (TPSA) is 64.4 Å². The third-order valence-electron chi connectivity index (χ3n) is 2.25. The van der Waals surface area contributed by atoms with Crippen molar-refractivity contribution in [2.75, 3.05) is 11.9 Å². The summed E-state index contributed by atoms with van der Waals surface area (Å²) in [7, 11) is 0. The second-order valence-corrected chi connectivity index (χ2v) is 3.66. The van der Waals surface area contributed by atoms with Crippen LogP contribution in [0.5, 0.6) is 5.75 Å². The lowest BCUT2D eigenvalue weighted by molar-refractivity contribution is 0.0988. The molecule has 1 heterocycles. The Balaban J connectivity index is 2.16. The first kappa shape index (κ1) is 12.2. The Bertz CT molecular complexity index is 549. The van der Waals surface area contributed by atoms with E-state index in [1.54, 1.807) is 19.1 Å². The van der Waals surface area contributed by atoms with Crippen LogP contribution in [0, 0.1) is 6.92 Å².